The average Bonchev–Trinajstić information content (AvgIpc) is 2.42. The highest BCUT2D eigenvalue weighted by atomic mass is 16.6. The van der Waals surface area contributed by atoms with Gasteiger partial charge in [0.05, 0.1) is 0 Å². The second-order valence-corrected chi connectivity index (χ2v) is 5.13. The molecule has 0 saturated heterocycles. The maximum atomic E-state index is 11.7. The quantitative estimate of drug-likeness (QED) is 0.585. The van der Waals surface area contributed by atoms with Gasteiger partial charge >= 0.3 is 5.97 Å². The summed E-state index contributed by atoms with van der Waals surface area (Å²) in [5, 5.41) is 2.69. The van der Waals surface area contributed by atoms with E-state index in [0.29, 0.717) is 23.9 Å². The summed E-state index contributed by atoms with van der Waals surface area (Å²) in [5.74, 6) is -0.113. The summed E-state index contributed by atoms with van der Waals surface area (Å²) in [6, 6.07) is 6.72. The van der Waals surface area contributed by atoms with Crippen molar-refractivity contribution in [3.8, 4) is 5.75 Å². The van der Waals surface area contributed by atoms with Crippen LogP contribution in [0.1, 0.15) is 20.8 Å². The van der Waals surface area contributed by atoms with Crippen LogP contribution in [0.2, 0.25) is 0 Å². The number of rotatable bonds is 7. The highest BCUT2D eigenvalue weighted by Crippen LogP contribution is 2.14. The Hall–Kier alpha value is -2.24. The summed E-state index contributed by atoms with van der Waals surface area (Å²) in [5.41, 5.74) is 6.14. The molecule has 1 aromatic rings. The molecule has 3 N–H and O–H groups in total. The summed E-state index contributed by atoms with van der Waals surface area (Å²) >= 11 is 0. The third-order valence-corrected chi connectivity index (χ3v) is 2.58. The van der Waals surface area contributed by atoms with E-state index >= 15 is 0 Å². The molecule has 6 nitrogen and oxygen atoms in total. The first-order valence-electron chi connectivity index (χ1n) is 6.84. The standard InChI is InChI=1S/C15H22N2O4/c1-10(2)8-17-15(19)11(3)21-14(18)9-20-13-6-4-5-12(16)7-13/h4-7,10-11H,8-9,16H2,1-3H3,(H,17,19). The summed E-state index contributed by atoms with van der Waals surface area (Å²) in [7, 11) is 0. The molecule has 6 heteroatoms. The van der Waals surface area contributed by atoms with Gasteiger partial charge in [0.15, 0.2) is 12.7 Å². The Morgan fingerprint density at radius 2 is 2.00 bits per heavy atom. The zero-order valence-electron chi connectivity index (χ0n) is 12.6. The summed E-state index contributed by atoms with van der Waals surface area (Å²) in [6.07, 6.45) is -0.847. The van der Waals surface area contributed by atoms with E-state index in [0.717, 1.165) is 0 Å². The maximum Gasteiger partial charge on any atom is 0.344 e. The largest absolute Gasteiger partial charge is 0.482 e. The van der Waals surface area contributed by atoms with Crippen LogP contribution in [-0.4, -0.2) is 31.1 Å². The Morgan fingerprint density at radius 3 is 2.62 bits per heavy atom. The van der Waals surface area contributed by atoms with Gasteiger partial charge in [-0.3, -0.25) is 4.79 Å². The molecule has 0 aliphatic rings. The van der Waals surface area contributed by atoms with Gasteiger partial charge in [0.2, 0.25) is 0 Å². The summed E-state index contributed by atoms with van der Waals surface area (Å²) in [4.78, 5) is 23.3. The summed E-state index contributed by atoms with van der Waals surface area (Å²) < 4.78 is 10.2. The maximum absolute atomic E-state index is 11.7. The Morgan fingerprint density at radius 1 is 1.29 bits per heavy atom. The molecule has 0 heterocycles. The normalized spacial score (nSPS) is 11.8. The van der Waals surface area contributed by atoms with E-state index in [2.05, 4.69) is 5.32 Å². The van der Waals surface area contributed by atoms with Crippen molar-refractivity contribution in [2.75, 3.05) is 18.9 Å². The first-order valence-corrected chi connectivity index (χ1v) is 6.84. The molecule has 0 saturated carbocycles. The average molecular weight is 294 g/mol. The minimum atomic E-state index is -0.847. The van der Waals surface area contributed by atoms with E-state index in [1.165, 1.54) is 6.92 Å². The van der Waals surface area contributed by atoms with Gasteiger partial charge in [0, 0.05) is 18.3 Å². The number of carbonyl (C=O) groups is 2. The molecule has 0 spiro atoms. The van der Waals surface area contributed by atoms with Crippen LogP contribution >= 0.6 is 0 Å². The van der Waals surface area contributed by atoms with Crippen LogP contribution < -0.4 is 15.8 Å². The van der Waals surface area contributed by atoms with Crippen molar-refractivity contribution in [2.45, 2.75) is 26.9 Å². The van der Waals surface area contributed by atoms with Gasteiger partial charge in [0.1, 0.15) is 5.75 Å². The van der Waals surface area contributed by atoms with Crippen molar-refractivity contribution in [3.05, 3.63) is 24.3 Å². The van der Waals surface area contributed by atoms with Crippen LogP contribution in [0.5, 0.6) is 5.75 Å². The first kappa shape index (κ1) is 16.8. The number of amides is 1. The Balaban J connectivity index is 2.34. The predicted molar refractivity (Wildman–Crippen MR) is 79.8 cm³/mol. The molecule has 1 atom stereocenters. The zero-order chi connectivity index (χ0) is 15.8. The van der Waals surface area contributed by atoms with E-state index < -0.39 is 12.1 Å². The number of benzene rings is 1. The molecule has 0 aliphatic carbocycles. The molecular formula is C15H22N2O4. The molecule has 0 radical (unpaired) electrons. The minimum Gasteiger partial charge on any atom is -0.482 e. The van der Waals surface area contributed by atoms with Gasteiger partial charge in [-0.2, -0.15) is 0 Å². The number of esters is 1. The number of carbonyl (C=O) groups excluding carboxylic acids is 2. The van der Waals surface area contributed by atoms with Crippen molar-refractivity contribution in [3.63, 3.8) is 0 Å². The second kappa shape index (κ2) is 8.14. The number of hydrogen-bond donors (Lipinski definition) is 2. The molecular weight excluding hydrogens is 272 g/mol. The third kappa shape index (κ3) is 6.65. The van der Waals surface area contributed by atoms with Crippen LogP contribution in [0.25, 0.3) is 0 Å². The van der Waals surface area contributed by atoms with Gasteiger partial charge in [-0.15, -0.1) is 0 Å². The number of anilines is 1. The smallest absolute Gasteiger partial charge is 0.344 e. The van der Waals surface area contributed by atoms with Crippen molar-refractivity contribution in [2.24, 2.45) is 5.92 Å². The molecule has 21 heavy (non-hydrogen) atoms. The van der Waals surface area contributed by atoms with E-state index in [9.17, 15) is 9.59 Å². The fourth-order valence-corrected chi connectivity index (χ4v) is 1.48. The fourth-order valence-electron chi connectivity index (χ4n) is 1.48. The predicted octanol–water partition coefficient (Wildman–Crippen LogP) is 1.35. The number of hydrogen-bond acceptors (Lipinski definition) is 5. The van der Waals surface area contributed by atoms with E-state index in [-0.39, 0.29) is 12.5 Å². The molecule has 0 bridgehead atoms. The molecule has 1 rings (SSSR count). The molecule has 1 aromatic carbocycles. The lowest BCUT2D eigenvalue weighted by Crippen LogP contribution is -2.38. The zero-order valence-corrected chi connectivity index (χ0v) is 12.6. The number of nitrogen functional groups attached to an aromatic ring is 1. The third-order valence-electron chi connectivity index (χ3n) is 2.58. The molecule has 0 fully saturated rings. The van der Waals surface area contributed by atoms with E-state index in [1.54, 1.807) is 24.3 Å². The number of nitrogens with two attached hydrogens (primary N) is 1. The van der Waals surface area contributed by atoms with Crippen molar-refractivity contribution >= 4 is 17.6 Å². The van der Waals surface area contributed by atoms with Crippen LogP contribution in [0.15, 0.2) is 24.3 Å². The monoisotopic (exact) mass is 294 g/mol. The van der Waals surface area contributed by atoms with Gasteiger partial charge in [-0.05, 0) is 25.0 Å². The minimum absolute atomic E-state index is 0.273. The highest BCUT2D eigenvalue weighted by Gasteiger charge is 2.17. The van der Waals surface area contributed by atoms with Gasteiger partial charge in [0.25, 0.3) is 5.91 Å². The Bertz CT molecular complexity index is 488. The summed E-state index contributed by atoms with van der Waals surface area (Å²) in [6.45, 7) is 5.76. The first-order chi connectivity index (χ1) is 9.88. The SMILES string of the molecule is CC(C)CNC(=O)C(C)OC(=O)COc1cccc(N)c1. The molecule has 116 valence electrons. The van der Waals surface area contributed by atoms with Crippen LogP contribution in [0.4, 0.5) is 5.69 Å². The van der Waals surface area contributed by atoms with Crippen molar-refractivity contribution < 1.29 is 19.1 Å². The lowest BCUT2D eigenvalue weighted by atomic mass is 10.2. The van der Waals surface area contributed by atoms with Crippen LogP contribution in [-0.2, 0) is 14.3 Å². The van der Waals surface area contributed by atoms with Gasteiger partial charge in [-0.1, -0.05) is 19.9 Å². The molecule has 0 aromatic heterocycles. The number of ether oxygens (including phenoxy) is 2. The van der Waals surface area contributed by atoms with Crippen LogP contribution in [0.3, 0.4) is 0 Å². The van der Waals surface area contributed by atoms with E-state index in [1.807, 2.05) is 13.8 Å². The topological polar surface area (TPSA) is 90.6 Å². The second-order valence-electron chi connectivity index (χ2n) is 5.13. The highest BCUT2D eigenvalue weighted by molar-refractivity contribution is 5.83. The van der Waals surface area contributed by atoms with Gasteiger partial charge in [-0.25, -0.2) is 4.79 Å². The Labute approximate surface area is 124 Å². The molecule has 1 amide bonds. The molecule has 0 aliphatic heterocycles. The molecule has 1 unspecified atom stereocenters. The van der Waals surface area contributed by atoms with Crippen molar-refractivity contribution in [1.29, 1.82) is 0 Å². The van der Waals surface area contributed by atoms with Crippen molar-refractivity contribution in [1.82, 2.24) is 5.32 Å². The lowest BCUT2D eigenvalue weighted by molar-refractivity contribution is -0.156. The van der Waals surface area contributed by atoms with Crippen LogP contribution in [0, 0.1) is 5.92 Å². The lowest BCUT2D eigenvalue weighted by Gasteiger charge is -2.14. The Kier molecular flexibility index (Phi) is 6.52. The van der Waals surface area contributed by atoms with E-state index in [4.69, 9.17) is 15.2 Å². The number of nitrogens with one attached hydrogen (secondary N) is 1. The fraction of sp³-hybridized carbons (Fsp3) is 0.467. The van der Waals surface area contributed by atoms with Gasteiger partial charge < -0.3 is 20.5 Å².